The Kier molecular flexibility index (Phi) is 5.59. The zero-order chi connectivity index (χ0) is 14.4. The first-order chi connectivity index (χ1) is 9.74. The molecule has 0 amide bonds. The lowest BCUT2D eigenvalue weighted by Crippen LogP contribution is -2.35. The predicted molar refractivity (Wildman–Crippen MR) is 82.2 cm³/mol. The van der Waals surface area contributed by atoms with Gasteiger partial charge in [-0.15, -0.1) is 0 Å². The summed E-state index contributed by atoms with van der Waals surface area (Å²) < 4.78 is 0. The van der Waals surface area contributed by atoms with Crippen LogP contribution in [0.3, 0.4) is 0 Å². The molecule has 1 aromatic heterocycles. The fourth-order valence-corrected chi connectivity index (χ4v) is 2.81. The summed E-state index contributed by atoms with van der Waals surface area (Å²) in [5, 5.41) is 9.18. The number of rotatable bonds is 6. The van der Waals surface area contributed by atoms with Crippen LogP contribution in [0.5, 0.6) is 0 Å². The first-order valence-corrected chi connectivity index (χ1v) is 7.67. The molecule has 0 saturated carbocycles. The van der Waals surface area contributed by atoms with Crippen molar-refractivity contribution in [2.75, 3.05) is 42.6 Å². The number of aromatic nitrogens is 2. The molecular formula is C15H26N4O. The molecule has 1 aliphatic rings. The van der Waals surface area contributed by atoms with Crippen molar-refractivity contribution in [3.63, 3.8) is 0 Å². The molecule has 0 bridgehead atoms. The van der Waals surface area contributed by atoms with Crippen LogP contribution in [0.2, 0.25) is 0 Å². The van der Waals surface area contributed by atoms with E-state index < -0.39 is 0 Å². The molecule has 1 unspecified atom stereocenters. The van der Waals surface area contributed by atoms with Crippen molar-refractivity contribution >= 4 is 11.6 Å². The van der Waals surface area contributed by atoms with Crippen LogP contribution in [0.15, 0.2) is 12.4 Å². The van der Waals surface area contributed by atoms with Gasteiger partial charge < -0.3 is 14.9 Å². The largest absolute Gasteiger partial charge is 0.395 e. The number of hydrogen-bond acceptors (Lipinski definition) is 5. The molecule has 1 fully saturated rings. The summed E-state index contributed by atoms with van der Waals surface area (Å²) >= 11 is 0. The number of anilines is 2. The second-order valence-corrected chi connectivity index (χ2v) is 5.64. The molecule has 1 aromatic rings. The van der Waals surface area contributed by atoms with Crippen LogP contribution in [-0.2, 0) is 0 Å². The maximum absolute atomic E-state index is 9.18. The fourth-order valence-electron chi connectivity index (χ4n) is 2.81. The molecule has 1 atom stereocenters. The van der Waals surface area contributed by atoms with Gasteiger partial charge >= 0.3 is 0 Å². The van der Waals surface area contributed by atoms with Gasteiger partial charge in [0.15, 0.2) is 0 Å². The second-order valence-electron chi connectivity index (χ2n) is 5.64. The van der Waals surface area contributed by atoms with E-state index in [1.54, 1.807) is 6.33 Å². The maximum Gasteiger partial charge on any atom is 0.134 e. The minimum Gasteiger partial charge on any atom is -0.395 e. The molecule has 112 valence electrons. The monoisotopic (exact) mass is 278 g/mol. The van der Waals surface area contributed by atoms with Crippen molar-refractivity contribution in [3.8, 4) is 0 Å². The Labute approximate surface area is 121 Å². The molecule has 1 N–H and O–H groups in total. The highest BCUT2D eigenvalue weighted by atomic mass is 16.3. The molecule has 5 nitrogen and oxygen atoms in total. The number of aliphatic hydroxyl groups excluding tert-OH is 1. The lowest BCUT2D eigenvalue weighted by Gasteiger charge is -2.32. The Morgan fingerprint density at radius 2 is 2.25 bits per heavy atom. The van der Waals surface area contributed by atoms with Crippen LogP contribution in [-0.4, -0.2) is 47.9 Å². The molecule has 0 spiro atoms. The normalized spacial score (nSPS) is 19.1. The number of piperidine rings is 1. The summed E-state index contributed by atoms with van der Waals surface area (Å²) in [5.41, 5.74) is 0. The Morgan fingerprint density at radius 3 is 2.95 bits per heavy atom. The van der Waals surface area contributed by atoms with E-state index in [0.717, 1.165) is 43.6 Å². The Morgan fingerprint density at radius 1 is 1.40 bits per heavy atom. The van der Waals surface area contributed by atoms with E-state index in [1.165, 1.54) is 12.8 Å². The average Bonchev–Trinajstić information content (AvgIpc) is 2.47. The van der Waals surface area contributed by atoms with Gasteiger partial charge in [0, 0.05) is 32.2 Å². The maximum atomic E-state index is 9.18. The van der Waals surface area contributed by atoms with Gasteiger partial charge in [0.05, 0.1) is 6.61 Å². The van der Waals surface area contributed by atoms with Crippen LogP contribution >= 0.6 is 0 Å². The van der Waals surface area contributed by atoms with Crippen molar-refractivity contribution in [2.45, 2.75) is 33.1 Å². The quantitative estimate of drug-likeness (QED) is 0.861. The fraction of sp³-hybridized carbons (Fsp3) is 0.733. The van der Waals surface area contributed by atoms with E-state index in [4.69, 9.17) is 0 Å². The molecule has 0 radical (unpaired) electrons. The molecule has 2 rings (SSSR count). The number of nitrogens with zero attached hydrogens (tertiary/aromatic N) is 4. The van der Waals surface area contributed by atoms with Crippen molar-refractivity contribution in [3.05, 3.63) is 12.4 Å². The minimum absolute atomic E-state index is 0.153. The van der Waals surface area contributed by atoms with E-state index in [9.17, 15) is 5.11 Å². The van der Waals surface area contributed by atoms with Crippen LogP contribution in [0.25, 0.3) is 0 Å². The van der Waals surface area contributed by atoms with Crippen molar-refractivity contribution in [2.24, 2.45) is 5.92 Å². The van der Waals surface area contributed by atoms with Crippen molar-refractivity contribution < 1.29 is 5.11 Å². The van der Waals surface area contributed by atoms with Crippen LogP contribution in [0.4, 0.5) is 11.6 Å². The third-order valence-electron chi connectivity index (χ3n) is 3.81. The first-order valence-electron chi connectivity index (χ1n) is 7.67. The summed E-state index contributed by atoms with van der Waals surface area (Å²) in [6.45, 7) is 8.27. The summed E-state index contributed by atoms with van der Waals surface area (Å²) in [4.78, 5) is 13.3. The summed E-state index contributed by atoms with van der Waals surface area (Å²) in [7, 11) is 0. The van der Waals surface area contributed by atoms with Gasteiger partial charge in [0.2, 0.25) is 0 Å². The van der Waals surface area contributed by atoms with E-state index in [1.807, 2.05) is 0 Å². The van der Waals surface area contributed by atoms with Gasteiger partial charge in [-0.05, 0) is 25.2 Å². The summed E-state index contributed by atoms with van der Waals surface area (Å²) in [5.74, 6) is 2.66. The van der Waals surface area contributed by atoms with Crippen molar-refractivity contribution in [1.82, 2.24) is 9.97 Å². The standard InChI is InChI=1S/C15H26N4O/c1-3-6-18(8-9-20)14-10-15(17-12-16-14)19-7-4-5-13(2)11-19/h10,12-13,20H,3-9,11H2,1-2H3. The van der Waals surface area contributed by atoms with Gasteiger partial charge in [-0.25, -0.2) is 9.97 Å². The summed E-state index contributed by atoms with van der Waals surface area (Å²) in [6, 6.07) is 2.06. The highest BCUT2D eigenvalue weighted by molar-refractivity contribution is 5.50. The first kappa shape index (κ1) is 15.0. The zero-order valence-electron chi connectivity index (χ0n) is 12.6. The topological polar surface area (TPSA) is 52.5 Å². The van der Waals surface area contributed by atoms with Gasteiger partial charge in [-0.2, -0.15) is 0 Å². The lowest BCUT2D eigenvalue weighted by molar-refractivity contribution is 0.301. The number of aliphatic hydroxyl groups is 1. The predicted octanol–water partition coefficient (Wildman–Crippen LogP) is 1.92. The molecule has 5 heteroatoms. The van der Waals surface area contributed by atoms with E-state index in [0.29, 0.717) is 6.54 Å². The minimum atomic E-state index is 0.153. The highest BCUT2D eigenvalue weighted by Gasteiger charge is 2.18. The highest BCUT2D eigenvalue weighted by Crippen LogP contribution is 2.23. The third kappa shape index (κ3) is 3.82. The molecule has 1 aliphatic heterocycles. The zero-order valence-corrected chi connectivity index (χ0v) is 12.6. The average molecular weight is 278 g/mol. The Balaban J connectivity index is 2.13. The summed E-state index contributed by atoms with van der Waals surface area (Å²) in [6.07, 6.45) is 5.22. The van der Waals surface area contributed by atoms with Gasteiger partial charge in [0.25, 0.3) is 0 Å². The third-order valence-corrected chi connectivity index (χ3v) is 3.81. The molecule has 0 aromatic carbocycles. The van der Waals surface area contributed by atoms with E-state index in [-0.39, 0.29) is 6.61 Å². The molecular weight excluding hydrogens is 252 g/mol. The van der Waals surface area contributed by atoms with E-state index >= 15 is 0 Å². The lowest BCUT2D eigenvalue weighted by atomic mass is 10.0. The van der Waals surface area contributed by atoms with Gasteiger partial charge in [-0.1, -0.05) is 13.8 Å². The molecule has 1 saturated heterocycles. The van der Waals surface area contributed by atoms with E-state index in [2.05, 4.69) is 39.7 Å². The SMILES string of the molecule is CCCN(CCO)c1cc(N2CCCC(C)C2)ncn1. The van der Waals surface area contributed by atoms with Crippen LogP contribution < -0.4 is 9.80 Å². The second kappa shape index (κ2) is 7.43. The molecule has 0 aliphatic carbocycles. The molecule has 20 heavy (non-hydrogen) atoms. The Hall–Kier alpha value is -1.36. The molecule has 2 heterocycles. The van der Waals surface area contributed by atoms with Crippen LogP contribution in [0.1, 0.15) is 33.1 Å². The van der Waals surface area contributed by atoms with Gasteiger partial charge in [-0.3, -0.25) is 0 Å². The van der Waals surface area contributed by atoms with Crippen molar-refractivity contribution in [1.29, 1.82) is 0 Å². The van der Waals surface area contributed by atoms with Crippen LogP contribution in [0, 0.1) is 5.92 Å². The Bertz CT molecular complexity index is 387. The smallest absolute Gasteiger partial charge is 0.134 e. The number of hydrogen-bond donors (Lipinski definition) is 1. The van der Waals surface area contributed by atoms with Gasteiger partial charge in [0.1, 0.15) is 18.0 Å².